The molecule has 0 saturated carbocycles. The van der Waals surface area contributed by atoms with Crippen LogP contribution in [0.4, 0.5) is 13.2 Å². The lowest BCUT2D eigenvalue weighted by Crippen LogP contribution is -2.06. The summed E-state index contributed by atoms with van der Waals surface area (Å²) in [4.78, 5) is 11.9. The second-order valence-corrected chi connectivity index (χ2v) is 6.95. The van der Waals surface area contributed by atoms with E-state index in [2.05, 4.69) is 0 Å². The molecule has 1 heterocycles. The Morgan fingerprint density at radius 3 is 2.40 bits per heavy atom. The molecule has 4 aromatic rings. The van der Waals surface area contributed by atoms with Crippen molar-refractivity contribution in [2.75, 3.05) is 7.11 Å². The molecule has 0 spiro atoms. The quantitative estimate of drug-likeness (QED) is 0.378. The molecular formula is C24H18F3NO2. The molecule has 1 aromatic heterocycles. The minimum absolute atomic E-state index is 0.393. The largest absolute Gasteiger partial charge is 0.465 e. The maximum Gasteiger partial charge on any atom is 0.416 e. The third-order valence-corrected chi connectivity index (χ3v) is 4.99. The molecule has 0 radical (unpaired) electrons. The molecule has 3 aromatic carbocycles. The Labute approximate surface area is 171 Å². The third-order valence-electron chi connectivity index (χ3n) is 4.99. The van der Waals surface area contributed by atoms with E-state index in [1.165, 1.54) is 19.2 Å². The van der Waals surface area contributed by atoms with E-state index in [1.807, 2.05) is 41.0 Å². The van der Waals surface area contributed by atoms with Crippen molar-refractivity contribution < 1.29 is 22.7 Å². The number of esters is 1. The Morgan fingerprint density at radius 2 is 1.70 bits per heavy atom. The van der Waals surface area contributed by atoms with Gasteiger partial charge in [-0.25, -0.2) is 4.79 Å². The van der Waals surface area contributed by atoms with Crippen molar-refractivity contribution in [3.05, 3.63) is 95.6 Å². The van der Waals surface area contributed by atoms with Gasteiger partial charge in [0.2, 0.25) is 0 Å². The van der Waals surface area contributed by atoms with Crippen LogP contribution in [-0.4, -0.2) is 17.6 Å². The second-order valence-electron chi connectivity index (χ2n) is 6.95. The molecule has 4 rings (SSSR count). The van der Waals surface area contributed by atoms with Crippen molar-refractivity contribution in [1.29, 1.82) is 0 Å². The maximum absolute atomic E-state index is 13.2. The number of halogens is 3. The molecule has 0 N–H and O–H groups in total. The molecule has 152 valence electrons. The van der Waals surface area contributed by atoms with Crippen molar-refractivity contribution in [3.63, 3.8) is 0 Å². The number of rotatable bonds is 4. The fraction of sp³-hybridized carbons (Fsp3) is 0.125. The smallest absolute Gasteiger partial charge is 0.416 e. The second kappa shape index (κ2) is 7.71. The fourth-order valence-electron chi connectivity index (χ4n) is 3.56. The molecule has 0 aliphatic rings. The zero-order chi connectivity index (χ0) is 21.3. The minimum Gasteiger partial charge on any atom is -0.465 e. The van der Waals surface area contributed by atoms with Gasteiger partial charge in [-0.15, -0.1) is 0 Å². The Hall–Kier alpha value is -3.54. The van der Waals surface area contributed by atoms with Crippen LogP contribution in [0.5, 0.6) is 0 Å². The number of hydrogen-bond donors (Lipinski definition) is 0. The summed E-state index contributed by atoms with van der Waals surface area (Å²) < 4.78 is 46.3. The first-order valence-corrected chi connectivity index (χ1v) is 9.30. The average molecular weight is 409 g/mol. The average Bonchev–Trinajstić information content (AvgIpc) is 3.11. The lowest BCUT2D eigenvalue weighted by molar-refractivity contribution is -0.137. The highest BCUT2D eigenvalue weighted by Crippen LogP contribution is 2.35. The lowest BCUT2D eigenvalue weighted by Gasteiger charge is -2.13. The van der Waals surface area contributed by atoms with E-state index in [-0.39, 0.29) is 0 Å². The summed E-state index contributed by atoms with van der Waals surface area (Å²) in [5.74, 6) is -0.438. The topological polar surface area (TPSA) is 31.2 Å². The summed E-state index contributed by atoms with van der Waals surface area (Å²) in [7, 11) is 1.32. The normalized spacial score (nSPS) is 11.6. The van der Waals surface area contributed by atoms with Gasteiger partial charge in [0.15, 0.2) is 0 Å². The number of alkyl halides is 3. The van der Waals surface area contributed by atoms with Crippen LogP contribution in [-0.2, 0) is 17.5 Å². The SMILES string of the molecule is COC(=O)c1cccc(Cn2c(-c3ccccc3)cc3cc(C(F)(F)F)ccc32)c1. The van der Waals surface area contributed by atoms with Crippen LogP contribution in [0.1, 0.15) is 21.5 Å². The van der Waals surface area contributed by atoms with Crippen LogP contribution in [0.15, 0.2) is 78.9 Å². The molecule has 0 amide bonds. The molecule has 0 bridgehead atoms. The van der Waals surface area contributed by atoms with Crippen molar-refractivity contribution in [1.82, 2.24) is 4.57 Å². The standard InChI is InChI=1S/C24H18F3NO2/c1-30-23(29)18-9-5-6-16(12-18)15-28-21-11-10-20(24(25,26)27)13-19(21)14-22(28)17-7-3-2-4-8-17/h2-14H,15H2,1H3. The van der Waals surface area contributed by atoms with Crippen LogP contribution >= 0.6 is 0 Å². The van der Waals surface area contributed by atoms with Gasteiger partial charge in [0.25, 0.3) is 0 Å². The van der Waals surface area contributed by atoms with E-state index in [0.29, 0.717) is 23.0 Å². The monoisotopic (exact) mass is 409 g/mol. The highest BCUT2D eigenvalue weighted by molar-refractivity contribution is 5.90. The third kappa shape index (κ3) is 3.81. The van der Waals surface area contributed by atoms with E-state index in [0.717, 1.165) is 22.9 Å². The maximum atomic E-state index is 13.2. The molecule has 3 nitrogen and oxygen atoms in total. The zero-order valence-corrected chi connectivity index (χ0v) is 16.1. The first kappa shape index (κ1) is 19.8. The van der Waals surface area contributed by atoms with Crippen molar-refractivity contribution in [3.8, 4) is 11.3 Å². The van der Waals surface area contributed by atoms with Crippen molar-refractivity contribution in [2.45, 2.75) is 12.7 Å². The number of aromatic nitrogens is 1. The minimum atomic E-state index is -4.40. The first-order valence-electron chi connectivity index (χ1n) is 9.30. The van der Waals surface area contributed by atoms with E-state index in [9.17, 15) is 18.0 Å². The molecule has 0 atom stereocenters. The van der Waals surface area contributed by atoms with Gasteiger partial charge >= 0.3 is 12.1 Å². The summed E-state index contributed by atoms with van der Waals surface area (Å²) in [5, 5.41) is 0.507. The number of hydrogen-bond acceptors (Lipinski definition) is 2. The van der Waals surface area contributed by atoms with Gasteiger partial charge in [0.1, 0.15) is 0 Å². The van der Waals surface area contributed by atoms with Gasteiger partial charge in [0, 0.05) is 23.1 Å². The van der Waals surface area contributed by atoms with E-state index in [1.54, 1.807) is 24.3 Å². The number of fused-ring (bicyclic) bond motifs is 1. The predicted molar refractivity (Wildman–Crippen MR) is 109 cm³/mol. The summed E-state index contributed by atoms with van der Waals surface area (Å²) in [6.45, 7) is 0.393. The van der Waals surface area contributed by atoms with E-state index in [4.69, 9.17) is 4.74 Å². The summed E-state index contributed by atoms with van der Waals surface area (Å²) in [5.41, 5.74) is 2.96. The predicted octanol–water partition coefficient (Wildman–Crippen LogP) is 6.16. The molecule has 0 aliphatic carbocycles. The summed E-state index contributed by atoms with van der Waals surface area (Å²) in [6, 6.07) is 22.0. The molecular weight excluding hydrogens is 391 g/mol. The molecule has 0 saturated heterocycles. The number of carbonyl (C=O) groups is 1. The number of methoxy groups -OCH3 is 1. The Kier molecular flexibility index (Phi) is 5.08. The first-order chi connectivity index (χ1) is 14.4. The van der Waals surface area contributed by atoms with Gasteiger partial charge < -0.3 is 9.30 Å². The Balaban J connectivity index is 1.86. The lowest BCUT2D eigenvalue weighted by atomic mass is 10.1. The van der Waals surface area contributed by atoms with E-state index >= 15 is 0 Å². The van der Waals surface area contributed by atoms with E-state index < -0.39 is 17.7 Å². The summed E-state index contributed by atoms with van der Waals surface area (Å²) >= 11 is 0. The van der Waals surface area contributed by atoms with Crippen LogP contribution < -0.4 is 0 Å². The van der Waals surface area contributed by atoms with Crippen molar-refractivity contribution in [2.24, 2.45) is 0 Å². The number of nitrogens with zero attached hydrogens (tertiary/aromatic N) is 1. The Morgan fingerprint density at radius 1 is 0.933 bits per heavy atom. The fourth-order valence-corrected chi connectivity index (χ4v) is 3.56. The number of ether oxygens (including phenoxy) is 1. The van der Waals surface area contributed by atoms with Gasteiger partial charge in [-0.05, 0) is 47.5 Å². The van der Waals surface area contributed by atoms with Crippen molar-refractivity contribution >= 4 is 16.9 Å². The summed E-state index contributed by atoms with van der Waals surface area (Å²) in [6.07, 6.45) is -4.40. The molecule has 0 aliphatic heterocycles. The highest BCUT2D eigenvalue weighted by atomic mass is 19.4. The number of benzene rings is 3. The van der Waals surface area contributed by atoms with Crippen LogP contribution in [0.25, 0.3) is 22.2 Å². The van der Waals surface area contributed by atoms with Crippen LogP contribution in [0.3, 0.4) is 0 Å². The molecule has 0 fully saturated rings. The molecule has 30 heavy (non-hydrogen) atoms. The Bertz CT molecular complexity index is 1210. The highest BCUT2D eigenvalue weighted by Gasteiger charge is 2.30. The van der Waals surface area contributed by atoms with Crippen LogP contribution in [0, 0.1) is 0 Å². The molecule has 6 heteroatoms. The zero-order valence-electron chi connectivity index (χ0n) is 16.1. The van der Waals surface area contributed by atoms with Gasteiger partial charge in [0.05, 0.1) is 18.2 Å². The van der Waals surface area contributed by atoms with Gasteiger partial charge in [-0.3, -0.25) is 0 Å². The van der Waals surface area contributed by atoms with Crippen LogP contribution in [0.2, 0.25) is 0 Å². The number of carbonyl (C=O) groups excluding carboxylic acids is 1. The van der Waals surface area contributed by atoms with Gasteiger partial charge in [-0.2, -0.15) is 13.2 Å². The molecule has 0 unspecified atom stereocenters. The van der Waals surface area contributed by atoms with Gasteiger partial charge in [-0.1, -0.05) is 42.5 Å².